The first-order valence-corrected chi connectivity index (χ1v) is 6.79. The van der Waals surface area contributed by atoms with E-state index in [2.05, 4.69) is 20.6 Å². The van der Waals surface area contributed by atoms with Crippen molar-refractivity contribution in [3.05, 3.63) is 54.7 Å². The van der Waals surface area contributed by atoms with Crippen molar-refractivity contribution < 1.29 is 15.3 Å². The van der Waals surface area contributed by atoms with Crippen molar-refractivity contribution in [2.24, 2.45) is 0 Å². The van der Waals surface area contributed by atoms with Crippen LogP contribution in [0, 0.1) is 0 Å². The van der Waals surface area contributed by atoms with Gasteiger partial charge < -0.3 is 26.0 Å². The summed E-state index contributed by atoms with van der Waals surface area (Å²) in [4.78, 5) is 8.09. The zero-order chi connectivity index (χ0) is 16.2. The second kappa shape index (κ2) is 6.10. The van der Waals surface area contributed by atoms with Crippen molar-refractivity contribution in [3.8, 4) is 17.2 Å². The van der Waals surface area contributed by atoms with Gasteiger partial charge in [-0.05, 0) is 24.3 Å². The number of anilines is 4. The number of aromatic nitrogens is 2. The number of benzene rings is 2. The number of phenols is 2. The van der Waals surface area contributed by atoms with E-state index in [9.17, 15) is 15.3 Å². The quantitative estimate of drug-likeness (QED) is 0.471. The van der Waals surface area contributed by atoms with E-state index in [1.807, 2.05) is 0 Å². The lowest BCUT2D eigenvalue weighted by Crippen LogP contribution is -2.01. The van der Waals surface area contributed by atoms with E-state index in [0.29, 0.717) is 11.4 Å². The molecule has 7 nitrogen and oxygen atoms in total. The lowest BCUT2D eigenvalue weighted by atomic mass is 10.3. The van der Waals surface area contributed by atoms with Crippen LogP contribution in [-0.2, 0) is 0 Å². The molecule has 1 aromatic heterocycles. The highest BCUT2D eigenvalue weighted by Crippen LogP contribution is 2.31. The van der Waals surface area contributed by atoms with Gasteiger partial charge in [0.2, 0.25) is 5.95 Å². The summed E-state index contributed by atoms with van der Waals surface area (Å²) in [6.45, 7) is 0. The average Bonchev–Trinajstić information content (AvgIpc) is 2.55. The number of hydrogen-bond donors (Lipinski definition) is 5. The van der Waals surface area contributed by atoms with E-state index in [-0.39, 0.29) is 29.0 Å². The molecule has 0 atom stereocenters. The number of aromatic hydroxyl groups is 3. The van der Waals surface area contributed by atoms with Gasteiger partial charge in [0.1, 0.15) is 11.5 Å². The first-order valence-electron chi connectivity index (χ1n) is 6.79. The number of hydrogen-bond acceptors (Lipinski definition) is 7. The number of rotatable bonds is 4. The number of para-hydroxylation sites is 4. The van der Waals surface area contributed by atoms with Crippen LogP contribution < -0.4 is 10.6 Å². The van der Waals surface area contributed by atoms with Crippen molar-refractivity contribution in [1.29, 1.82) is 0 Å². The second-order valence-electron chi connectivity index (χ2n) is 4.71. The van der Waals surface area contributed by atoms with Gasteiger partial charge in [-0.15, -0.1) is 0 Å². The third-order valence-electron chi connectivity index (χ3n) is 3.08. The highest BCUT2D eigenvalue weighted by Gasteiger charge is 2.10. The molecule has 0 aliphatic carbocycles. The largest absolute Gasteiger partial charge is 0.506 e. The van der Waals surface area contributed by atoms with Gasteiger partial charge >= 0.3 is 0 Å². The summed E-state index contributed by atoms with van der Waals surface area (Å²) in [6, 6.07) is 13.2. The number of phenolic OH excluding ortho intramolecular Hbond substituents is 2. The first kappa shape index (κ1) is 14.5. The van der Waals surface area contributed by atoms with E-state index < -0.39 is 0 Å². The Morgan fingerprint density at radius 2 is 1.26 bits per heavy atom. The second-order valence-corrected chi connectivity index (χ2v) is 4.71. The summed E-state index contributed by atoms with van der Waals surface area (Å²) < 4.78 is 0. The molecule has 0 bridgehead atoms. The SMILES string of the molecule is Oc1ccccc1Nc1ncc(O)c(Nc2ccccc2O)n1. The molecule has 1 heterocycles. The van der Waals surface area contributed by atoms with Crippen molar-refractivity contribution in [2.45, 2.75) is 0 Å². The van der Waals surface area contributed by atoms with Gasteiger partial charge in [-0.25, -0.2) is 4.98 Å². The van der Waals surface area contributed by atoms with Gasteiger partial charge in [0.05, 0.1) is 17.6 Å². The predicted molar refractivity (Wildman–Crippen MR) is 86.5 cm³/mol. The summed E-state index contributed by atoms with van der Waals surface area (Å²) in [5.74, 6) is 0.220. The lowest BCUT2D eigenvalue weighted by Gasteiger charge is -2.11. The minimum absolute atomic E-state index is 0.0284. The van der Waals surface area contributed by atoms with Crippen molar-refractivity contribution in [3.63, 3.8) is 0 Å². The van der Waals surface area contributed by atoms with Crippen LogP contribution in [0.5, 0.6) is 17.2 Å². The standard InChI is InChI=1S/C16H14N4O3/c21-12-7-3-1-5-10(12)18-15-14(23)9-17-16(20-15)19-11-6-2-4-8-13(11)22/h1-9,21-23H,(H2,17,18,19,20). The average molecular weight is 310 g/mol. The van der Waals surface area contributed by atoms with Crippen LogP contribution in [0.25, 0.3) is 0 Å². The molecular weight excluding hydrogens is 296 g/mol. The molecule has 0 spiro atoms. The zero-order valence-electron chi connectivity index (χ0n) is 11.9. The highest BCUT2D eigenvalue weighted by molar-refractivity contribution is 5.69. The van der Waals surface area contributed by atoms with Crippen LogP contribution in [0.15, 0.2) is 54.7 Å². The summed E-state index contributed by atoms with van der Waals surface area (Å²) in [5, 5.41) is 35.1. The molecule has 0 saturated heterocycles. The van der Waals surface area contributed by atoms with Crippen molar-refractivity contribution in [2.75, 3.05) is 10.6 Å². The van der Waals surface area contributed by atoms with Crippen molar-refractivity contribution in [1.82, 2.24) is 9.97 Å². The Morgan fingerprint density at radius 1 is 0.696 bits per heavy atom. The van der Waals surface area contributed by atoms with Crippen LogP contribution in [0.3, 0.4) is 0 Å². The third-order valence-corrected chi connectivity index (χ3v) is 3.08. The third kappa shape index (κ3) is 3.24. The zero-order valence-corrected chi connectivity index (χ0v) is 11.9. The molecule has 0 amide bonds. The Balaban J connectivity index is 1.88. The van der Waals surface area contributed by atoms with Gasteiger partial charge in [-0.1, -0.05) is 24.3 Å². The van der Waals surface area contributed by atoms with Crippen molar-refractivity contribution >= 4 is 23.1 Å². The Morgan fingerprint density at radius 3 is 1.87 bits per heavy atom. The molecular formula is C16H14N4O3. The molecule has 0 saturated carbocycles. The van der Waals surface area contributed by atoms with Gasteiger partial charge in [0, 0.05) is 0 Å². The molecule has 0 radical (unpaired) electrons. The minimum Gasteiger partial charge on any atom is -0.506 e. The van der Waals surface area contributed by atoms with Gasteiger partial charge in [0.15, 0.2) is 11.6 Å². The maximum Gasteiger partial charge on any atom is 0.229 e. The van der Waals surface area contributed by atoms with E-state index in [4.69, 9.17) is 0 Å². The fourth-order valence-electron chi connectivity index (χ4n) is 1.93. The lowest BCUT2D eigenvalue weighted by molar-refractivity contribution is 0.471. The molecule has 2 aromatic carbocycles. The molecule has 3 rings (SSSR count). The molecule has 5 N–H and O–H groups in total. The topological polar surface area (TPSA) is 111 Å². The number of nitrogens with zero attached hydrogens (tertiary/aromatic N) is 2. The Bertz CT molecular complexity index is 839. The predicted octanol–water partition coefficient (Wildman–Crippen LogP) is 3.08. The summed E-state index contributed by atoms with van der Waals surface area (Å²) in [5.41, 5.74) is 0.835. The molecule has 7 heteroatoms. The maximum absolute atomic E-state index is 9.86. The van der Waals surface area contributed by atoms with Gasteiger partial charge in [-0.3, -0.25) is 0 Å². The van der Waals surface area contributed by atoms with Crippen LogP contribution in [0.2, 0.25) is 0 Å². The Labute approximate surface area is 131 Å². The molecule has 0 aliphatic rings. The molecule has 0 aliphatic heterocycles. The molecule has 0 unspecified atom stereocenters. The minimum atomic E-state index is -0.170. The molecule has 23 heavy (non-hydrogen) atoms. The van der Waals surface area contributed by atoms with Gasteiger partial charge in [0.25, 0.3) is 0 Å². The van der Waals surface area contributed by atoms with E-state index in [1.54, 1.807) is 36.4 Å². The Kier molecular flexibility index (Phi) is 3.84. The fourth-order valence-corrected chi connectivity index (χ4v) is 1.93. The molecule has 3 aromatic rings. The van der Waals surface area contributed by atoms with Gasteiger partial charge in [-0.2, -0.15) is 4.98 Å². The maximum atomic E-state index is 9.86. The molecule has 0 fully saturated rings. The van der Waals surface area contributed by atoms with Crippen LogP contribution in [-0.4, -0.2) is 25.3 Å². The van der Waals surface area contributed by atoms with Crippen LogP contribution in [0.4, 0.5) is 23.1 Å². The summed E-state index contributed by atoms with van der Waals surface area (Å²) in [7, 11) is 0. The Hall–Kier alpha value is -3.48. The summed E-state index contributed by atoms with van der Waals surface area (Å²) in [6.07, 6.45) is 1.22. The smallest absolute Gasteiger partial charge is 0.229 e. The van der Waals surface area contributed by atoms with Crippen LogP contribution in [0.1, 0.15) is 0 Å². The highest BCUT2D eigenvalue weighted by atomic mass is 16.3. The normalized spacial score (nSPS) is 10.3. The van der Waals surface area contributed by atoms with E-state index >= 15 is 0 Å². The monoisotopic (exact) mass is 310 g/mol. The van der Waals surface area contributed by atoms with Crippen LogP contribution >= 0.6 is 0 Å². The summed E-state index contributed by atoms with van der Waals surface area (Å²) >= 11 is 0. The fraction of sp³-hybridized carbons (Fsp3) is 0. The number of nitrogens with one attached hydrogen (secondary N) is 2. The van der Waals surface area contributed by atoms with E-state index in [1.165, 1.54) is 18.3 Å². The first-order chi connectivity index (χ1) is 11.1. The molecule has 116 valence electrons. The van der Waals surface area contributed by atoms with E-state index in [0.717, 1.165) is 0 Å².